The lowest BCUT2D eigenvalue weighted by molar-refractivity contribution is -0.117. The van der Waals surface area contributed by atoms with E-state index in [4.69, 9.17) is 9.47 Å². The van der Waals surface area contributed by atoms with Crippen LogP contribution in [0.3, 0.4) is 0 Å². The number of carbonyl (C=O) groups excluding carboxylic acids is 2. The van der Waals surface area contributed by atoms with Crippen molar-refractivity contribution in [3.63, 3.8) is 0 Å². The number of anilines is 2. The molecular formula is C22H24N2O4. The molecule has 0 spiro atoms. The average Bonchev–Trinajstić information content (AvgIpc) is 3.39. The summed E-state index contributed by atoms with van der Waals surface area (Å²) in [6.07, 6.45) is 3.62. The first-order valence-electron chi connectivity index (χ1n) is 9.76. The molecule has 0 saturated carbocycles. The van der Waals surface area contributed by atoms with Crippen LogP contribution >= 0.6 is 0 Å². The molecule has 28 heavy (non-hydrogen) atoms. The number of rotatable bonds is 6. The van der Waals surface area contributed by atoms with Crippen molar-refractivity contribution in [3.8, 4) is 5.75 Å². The molecule has 0 aromatic heterocycles. The van der Waals surface area contributed by atoms with Gasteiger partial charge in [-0.25, -0.2) is 0 Å². The molecule has 0 radical (unpaired) electrons. The Morgan fingerprint density at radius 3 is 2.68 bits per heavy atom. The lowest BCUT2D eigenvalue weighted by Crippen LogP contribution is -2.23. The molecule has 6 nitrogen and oxygen atoms in total. The third kappa shape index (κ3) is 4.17. The van der Waals surface area contributed by atoms with Crippen molar-refractivity contribution in [2.75, 3.05) is 30.0 Å². The molecule has 2 amide bonds. The van der Waals surface area contributed by atoms with Gasteiger partial charge < -0.3 is 19.7 Å². The molecule has 6 heteroatoms. The van der Waals surface area contributed by atoms with Gasteiger partial charge in [0.25, 0.3) is 5.91 Å². The van der Waals surface area contributed by atoms with Crippen LogP contribution in [0.15, 0.2) is 48.5 Å². The molecular weight excluding hydrogens is 356 g/mol. The Morgan fingerprint density at radius 2 is 1.96 bits per heavy atom. The molecule has 2 aliphatic heterocycles. The van der Waals surface area contributed by atoms with Gasteiger partial charge in [0.05, 0.1) is 11.7 Å². The summed E-state index contributed by atoms with van der Waals surface area (Å²) in [5, 5.41) is 2.90. The minimum atomic E-state index is -0.229. The van der Waals surface area contributed by atoms with Crippen molar-refractivity contribution in [1.29, 1.82) is 0 Å². The van der Waals surface area contributed by atoms with E-state index in [9.17, 15) is 9.59 Å². The third-order valence-corrected chi connectivity index (χ3v) is 5.09. The number of benzene rings is 2. The smallest absolute Gasteiger partial charge is 0.259 e. The second-order valence-electron chi connectivity index (χ2n) is 7.09. The van der Waals surface area contributed by atoms with Gasteiger partial charge in [-0.05, 0) is 55.7 Å². The van der Waals surface area contributed by atoms with Crippen LogP contribution in [0.5, 0.6) is 5.75 Å². The predicted octanol–water partition coefficient (Wildman–Crippen LogP) is 3.62. The maximum absolute atomic E-state index is 12.7. The van der Waals surface area contributed by atoms with E-state index in [-0.39, 0.29) is 17.9 Å². The van der Waals surface area contributed by atoms with Gasteiger partial charge in [0, 0.05) is 30.9 Å². The normalized spacial score (nSPS) is 19.1. The third-order valence-electron chi connectivity index (χ3n) is 5.09. The lowest BCUT2D eigenvalue weighted by atomic mass is 10.1. The molecule has 146 valence electrons. The van der Waals surface area contributed by atoms with Crippen LogP contribution in [0.1, 0.15) is 36.0 Å². The van der Waals surface area contributed by atoms with Crippen molar-refractivity contribution < 1.29 is 19.1 Å². The van der Waals surface area contributed by atoms with Crippen molar-refractivity contribution in [2.24, 2.45) is 0 Å². The summed E-state index contributed by atoms with van der Waals surface area (Å²) in [6.45, 7) is 1.97. The fourth-order valence-electron chi connectivity index (χ4n) is 3.58. The molecule has 1 N–H and O–H groups in total. The van der Waals surface area contributed by atoms with E-state index in [1.807, 2.05) is 36.4 Å². The summed E-state index contributed by atoms with van der Waals surface area (Å²) in [4.78, 5) is 26.4. The molecule has 0 bridgehead atoms. The highest BCUT2D eigenvalue weighted by molar-refractivity contribution is 6.06. The van der Waals surface area contributed by atoms with E-state index in [1.165, 1.54) is 0 Å². The number of amides is 2. The Bertz CT molecular complexity index is 844. The second kappa shape index (κ2) is 8.44. The van der Waals surface area contributed by atoms with Gasteiger partial charge in [-0.1, -0.05) is 12.1 Å². The highest BCUT2D eigenvalue weighted by atomic mass is 16.5. The van der Waals surface area contributed by atoms with Gasteiger partial charge in [0.15, 0.2) is 0 Å². The van der Waals surface area contributed by atoms with Crippen molar-refractivity contribution in [3.05, 3.63) is 54.1 Å². The van der Waals surface area contributed by atoms with Gasteiger partial charge >= 0.3 is 0 Å². The number of para-hydroxylation sites is 1. The number of nitrogens with zero attached hydrogens (tertiary/aromatic N) is 1. The number of carbonyl (C=O) groups is 2. The summed E-state index contributed by atoms with van der Waals surface area (Å²) in [7, 11) is 0. The monoisotopic (exact) mass is 380 g/mol. The first-order valence-corrected chi connectivity index (χ1v) is 9.76. The van der Waals surface area contributed by atoms with Gasteiger partial charge in [0.1, 0.15) is 12.4 Å². The zero-order valence-corrected chi connectivity index (χ0v) is 15.7. The fraction of sp³-hybridized carbons (Fsp3) is 0.364. The van der Waals surface area contributed by atoms with Crippen LogP contribution in [0.25, 0.3) is 0 Å². The second-order valence-corrected chi connectivity index (χ2v) is 7.09. The van der Waals surface area contributed by atoms with E-state index in [0.717, 1.165) is 38.1 Å². The quantitative estimate of drug-likeness (QED) is 0.831. The fourth-order valence-corrected chi connectivity index (χ4v) is 3.58. The van der Waals surface area contributed by atoms with E-state index < -0.39 is 0 Å². The van der Waals surface area contributed by atoms with Gasteiger partial charge in [-0.15, -0.1) is 0 Å². The van der Waals surface area contributed by atoms with Crippen LogP contribution in [0, 0.1) is 0 Å². The minimum absolute atomic E-state index is 0.0944. The molecule has 0 aliphatic carbocycles. The topological polar surface area (TPSA) is 67.9 Å². The predicted molar refractivity (Wildman–Crippen MR) is 107 cm³/mol. The molecule has 2 aromatic rings. The molecule has 1 unspecified atom stereocenters. The summed E-state index contributed by atoms with van der Waals surface area (Å²) >= 11 is 0. The highest BCUT2D eigenvalue weighted by Gasteiger charge is 2.22. The number of hydrogen-bond acceptors (Lipinski definition) is 4. The molecule has 2 aromatic carbocycles. The standard InChI is InChI=1S/C22H24N2O4/c25-21-8-3-13-24(21)17-11-9-16(10-12-17)23-22(26)19-6-1-2-7-20(19)28-15-18-5-4-14-27-18/h1-2,6-7,9-12,18H,3-5,8,13-15H2,(H,23,26). The van der Waals surface area contributed by atoms with Crippen LogP contribution in [0.4, 0.5) is 11.4 Å². The minimum Gasteiger partial charge on any atom is -0.490 e. The zero-order chi connectivity index (χ0) is 19.3. The van der Waals surface area contributed by atoms with E-state index >= 15 is 0 Å². The molecule has 2 saturated heterocycles. The molecule has 2 fully saturated rings. The Kier molecular flexibility index (Phi) is 5.58. The Labute approximate surface area is 164 Å². The van der Waals surface area contributed by atoms with Crippen LogP contribution in [-0.2, 0) is 9.53 Å². The van der Waals surface area contributed by atoms with Gasteiger partial charge in [-0.2, -0.15) is 0 Å². The van der Waals surface area contributed by atoms with E-state index in [1.54, 1.807) is 17.0 Å². The summed E-state index contributed by atoms with van der Waals surface area (Å²) in [5.41, 5.74) is 2.02. The average molecular weight is 380 g/mol. The van der Waals surface area contributed by atoms with E-state index in [2.05, 4.69) is 5.32 Å². The molecule has 4 rings (SSSR count). The first-order chi connectivity index (χ1) is 13.7. The van der Waals surface area contributed by atoms with Gasteiger partial charge in [0.2, 0.25) is 5.91 Å². The van der Waals surface area contributed by atoms with Crippen LogP contribution in [0.2, 0.25) is 0 Å². The number of nitrogens with one attached hydrogen (secondary N) is 1. The van der Waals surface area contributed by atoms with Crippen molar-refractivity contribution >= 4 is 23.2 Å². The Balaban J connectivity index is 1.41. The SMILES string of the molecule is O=C(Nc1ccc(N2CCCC2=O)cc1)c1ccccc1OCC1CCCO1. The van der Waals surface area contributed by atoms with Crippen molar-refractivity contribution in [1.82, 2.24) is 0 Å². The molecule has 1 atom stereocenters. The first kappa shape index (κ1) is 18.5. The van der Waals surface area contributed by atoms with Crippen molar-refractivity contribution in [2.45, 2.75) is 31.8 Å². The summed E-state index contributed by atoms with van der Waals surface area (Å²) < 4.78 is 11.4. The molecule has 2 aliphatic rings. The number of ether oxygens (including phenoxy) is 2. The highest BCUT2D eigenvalue weighted by Crippen LogP contribution is 2.25. The maximum Gasteiger partial charge on any atom is 0.259 e. The van der Waals surface area contributed by atoms with Crippen LogP contribution < -0.4 is 15.0 Å². The molecule has 2 heterocycles. The van der Waals surface area contributed by atoms with Crippen LogP contribution in [-0.4, -0.2) is 37.7 Å². The maximum atomic E-state index is 12.7. The van der Waals surface area contributed by atoms with Gasteiger partial charge in [-0.3, -0.25) is 9.59 Å². The largest absolute Gasteiger partial charge is 0.490 e. The van der Waals surface area contributed by atoms with E-state index in [0.29, 0.717) is 30.0 Å². The zero-order valence-electron chi connectivity index (χ0n) is 15.7. The number of hydrogen-bond donors (Lipinski definition) is 1. The lowest BCUT2D eigenvalue weighted by Gasteiger charge is -2.16. The summed E-state index contributed by atoms with van der Waals surface area (Å²) in [5.74, 6) is 0.469. The summed E-state index contributed by atoms with van der Waals surface area (Å²) in [6, 6.07) is 14.6. The Hall–Kier alpha value is -2.86. The Morgan fingerprint density at radius 1 is 1.14 bits per heavy atom.